The molecule has 0 saturated carbocycles. The third-order valence-electron chi connectivity index (χ3n) is 1.30. The summed E-state index contributed by atoms with van der Waals surface area (Å²) in [6.07, 6.45) is -0.627. The minimum Gasteiger partial charge on any atom is -0.469 e. The Morgan fingerprint density at radius 2 is 2.00 bits per heavy atom. The normalized spacial score (nSPS) is 16.4. The van der Waals surface area contributed by atoms with Gasteiger partial charge in [0.15, 0.2) is 0 Å². The molecule has 0 aliphatic carbocycles. The van der Waals surface area contributed by atoms with Gasteiger partial charge in [0.1, 0.15) is 0 Å². The topological polar surface area (TPSA) is 46.5 Å². The van der Waals surface area contributed by atoms with Crippen molar-refractivity contribution in [3.05, 3.63) is 0 Å². The Kier molecular flexibility index (Phi) is 3.24. The number of methoxy groups -OCH3 is 1. The molecule has 2 atom stereocenters. The average Bonchev–Trinajstić information content (AvgIpc) is 1.84. The summed E-state index contributed by atoms with van der Waals surface area (Å²) in [5, 5.41) is 8.82. The van der Waals surface area contributed by atoms with E-state index in [4.69, 9.17) is 5.11 Å². The summed E-state index contributed by atoms with van der Waals surface area (Å²) in [5.74, 6) is -0.792. The Labute approximate surface area is 54.6 Å². The van der Waals surface area contributed by atoms with Crippen LogP contribution in [0.2, 0.25) is 0 Å². The molecule has 0 bridgehead atoms. The Morgan fingerprint density at radius 1 is 1.56 bits per heavy atom. The van der Waals surface area contributed by atoms with Gasteiger partial charge in [-0.1, -0.05) is 0 Å². The summed E-state index contributed by atoms with van der Waals surface area (Å²) in [6, 6.07) is 0. The van der Waals surface area contributed by atoms with Gasteiger partial charge in [-0.2, -0.15) is 0 Å². The van der Waals surface area contributed by atoms with Crippen LogP contribution in [0.3, 0.4) is 0 Å². The first-order valence-electron chi connectivity index (χ1n) is 2.85. The molecule has 0 aliphatic rings. The molecule has 0 spiro atoms. The smallest absolute Gasteiger partial charge is 0.310 e. The lowest BCUT2D eigenvalue weighted by Crippen LogP contribution is -2.23. The highest BCUT2D eigenvalue weighted by molar-refractivity contribution is 5.72. The average molecular weight is 132 g/mol. The number of hydrogen-bond acceptors (Lipinski definition) is 3. The molecule has 0 aromatic heterocycles. The van der Waals surface area contributed by atoms with Crippen molar-refractivity contribution in [1.29, 1.82) is 0 Å². The number of aliphatic hydroxyl groups excluding tert-OH is 1. The van der Waals surface area contributed by atoms with E-state index in [1.807, 2.05) is 0 Å². The van der Waals surface area contributed by atoms with Crippen LogP contribution in [-0.2, 0) is 9.53 Å². The van der Waals surface area contributed by atoms with Crippen LogP contribution in [0.15, 0.2) is 0 Å². The number of carbonyl (C=O) groups is 1. The second kappa shape index (κ2) is 3.45. The van der Waals surface area contributed by atoms with Crippen LogP contribution in [-0.4, -0.2) is 24.3 Å². The van der Waals surface area contributed by atoms with E-state index in [9.17, 15) is 4.79 Å². The van der Waals surface area contributed by atoms with Gasteiger partial charge in [-0.05, 0) is 13.8 Å². The van der Waals surface area contributed by atoms with E-state index >= 15 is 0 Å². The molecule has 0 amide bonds. The van der Waals surface area contributed by atoms with Gasteiger partial charge in [0.25, 0.3) is 0 Å². The Bertz CT molecular complexity index is 98.5. The van der Waals surface area contributed by atoms with Crippen LogP contribution in [0, 0.1) is 5.92 Å². The van der Waals surface area contributed by atoms with Crippen LogP contribution in [0.25, 0.3) is 0 Å². The third kappa shape index (κ3) is 2.46. The van der Waals surface area contributed by atoms with Crippen LogP contribution < -0.4 is 0 Å². The first kappa shape index (κ1) is 8.43. The molecule has 0 aromatic carbocycles. The predicted octanol–water partition coefficient (Wildman–Crippen LogP) is 0.176. The van der Waals surface area contributed by atoms with Crippen molar-refractivity contribution in [3.8, 4) is 0 Å². The number of ether oxygens (including phenoxy) is 1. The molecular weight excluding hydrogens is 120 g/mol. The fraction of sp³-hybridized carbons (Fsp3) is 0.833. The van der Waals surface area contributed by atoms with E-state index in [2.05, 4.69) is 4.74 Å². The number of aliphatic hydroxyl groups is 1. The van der Waals surface area contributed by atoms with Crippen LogP contribution in [0.1, 0.15) is 13.8 Å². The van der Waals surface area contributed by atoms with E-state index in [-0.39, 0.29) is 5.97 Å². The lowest BCUT2D eigenvalue weighted by Gasteiger charge is -2.10. The minimum absolute atomic E-state index is 0.370. The zero-order valence-corrected chi connectivity index (χ0v) is 5.92. The molecule has 9 heavy (non-hydrogen) atoms. The maximum Gasteiger partial charge on any atom is 0.310 e. The molecule has 0 aliphatic heterocycles. The predicted molar refractivity (Wildman–Crippen MR) is 32.9 cm³/mol. The van der Waals surface area contributed by atoms with E-state index in [1.165, 1.54) is 7.11 Å². The highest BCUT2D eigenvalue weighted by Crippen LogP contribution is 2.02. The van der Waals surface area contributed by atoms with Crippen molar-refractivity contribution >= 4 is 5.97 Å². The molecule has 0 saturated heterocycles. The van der Waals surface area contributed by atoms with Gasteiger partial charge in [-0.15, -0.1) is 0 Å². The number of carbonyl (C=O) groups excluding carboxylic acids is 1. The third-order valence-corrected chi connectivity index (χ3v) is 1.30. The molecule has 0 radical (unpaired) electrons. The lowest BCUT2D eigenvalue weighted by atomic mass is 10.1. The first-order valence-corrected chi connectivity index (χ1v) is 2.85. The Balaban J connectivity index is 3.72. The fourth-order valence-electron chi connectivity index (χ4n) is 0.383. The molecule has 3 heteroatoms. The summed E-state index contributed by atoms with van der Waals surface area (Å²) in [5.41, 5.74) is 0. The molecule has 54 valence electrons. The molecular formula is C6H12O3. The van der Waals surface area contributed by atoms with Crippen molar-refractivity contribution in [2.45, 2.75) is 20.0 Å². The van der Waals surface area contributed by atoms with Crippen molar-refractivity contribution in [2.24, 2.45) is 5.92 Å². The summed E-state index contributed by atoms with van der Waals surface area (Å²) in [6.45, 7) is 3.18. The van der Waals surface area contributed by atoms with Crippen molar-refractivity contribution < 1.29 is 14.6 Å². The highest BCUT2D eigenvalue weighted by Gasteiger charge is 2.17. The Morgan fingerprint density at radius 3 is 2.11 bits per heavy atom. The van der Waals surface area contributed by atoms with Gasteiger partial charge < -0.3 is 9.84 Å². The zero-order valence-electron chi connectivity index (χ0n) is 5.92. The van der Waals surface area contributed by atoms with Gasteiger partial charge in [-0.3, -0.25) is 4.79 Å². The molecule has 3 nitrogen and oxygen atoms in total. The van der Waals surface area contributed by atoms with Gasteiger partial charge in [0.2, 0.25) is 0 Å². The van der Waals surface area contributed by atoms with Gasteiger partial charge in [0.05, 0.1) is 19.1 Å². The van der Waals surface area contributed by atoms with E-state index in [1.54, 1.807) is 13.8 Å². The van der Waals surface area contributed by atoms with E-state index < -0.39 is 12.0 Å². The van der Waals surface area contributed by atoms with Crippen molar-refractivity contribution in [1.82, 2.24) is 0 Å². The second-order valence-electron chi connectivity index (χ2n) is 2.05. The molecule has 0 fully saturated rings. The monoisotopic (exact) mass is 132 g/mol. The lowest BCUT2D eigenvalue weighted by molar-refractivity contribution is -0.148. The van der Waals surface area contributed by atoms with E-state index in [0.717, 1.165) is 0 Å². The molecule has 0 rings (SSSR count). The maximum absolute atomic E-state index is 10.6. The molecule has 0 unspecified atom stereocenters. The quantitative estimate of drug-likeness (QED) is 0.545. The molecule has 1 N–H and O–H groups in total. The fourth-order valence-corrected chi connectivity index (χ4v) is 0.383. The zero-order chi connectivity index (χ0) is 7.44. The van der Waals surface area contributed by atoms with Crippen molar-refractivity contribution in [2.75, 3.05) is 7.11 Å². The van der Waals surface area contributed by atoms with E-state index in [0.29, 0.717) is 0 Å². The van der Waals surface area contributed by atoms with Crippen LogP contribution in [0.5, 0.6) is 0 Å². The van der Waals surface area contributed by atoms with Gasteiger partial charge in [-0.25, -0.2) is 0 Å². The first-order chi connectivity index (χ1) is 4.09. The summed E-state index contributed by atoms with van der Waals surface area (Å²) in [4.78, 5) is 10.6. The molecule has 0 heterocycles. The highest BCUT2D eigenvalue weighted by atomic mass is 16.5. The number of hydrogen-bond donors (Lipinski definition) is 1. The van der Waals surface area contributed by atoms with Crippen LogP contribution >= 0.6 is 0 Å². The Hall–Kier alpha value is -0.570. The maximum atomic E-state index is 10.6. The SMILES string of the molecule is COC(=O)[C@H](C)[C@H](C)O. The van der Waals surface area contributed by atoms with Crippen LogP contribution in [0.4, 0.5) is 0 Å². The number of rotatable bonds is 2. The largest absolute Gasteiger partial charge is 0.469 e. The summed E-state index contributed by atoms with van der Waals surface area (Å²) < 4.78 is 4.37. The second-order valence-corrected chi connectivity index (χ2v) is 2.05. The van der Waals surface area contributed by atoms with Gasteiger partial charge in [0, 0.05) is 0 Å². The summed E-state index contributed by atoms with van der Waals surface area (Å²) in [7, 11) is 1.31. The summed E-state index contributed by atoms with van der Waals surface area (Å²) >= 11 is 0. The number of esters is 1. The minimum atomic E-state index is -0.627. The van der Waals surface area contributed by atoms with Crippen molar-refractivity contribution in [3.63, 3.8) is 0 Å². The standard InChI is InChI=1S/C6H12O3/c1-4(5(2)7)6(8)9-3/h4-5,7H,1-3H3/t4-,5+/m1/s1. The van der Waals surface area contributed by atoms with Gasteiger partial charge >= 0.3 is 5.97 Å². The molecule has 0 aromatic rings.